The van der Waals surface area contributed by atoms with Gasteiger partial charge in [0.05, 0.1) is 18.2 Å². The van der Waals surface area contributed by atoms with Crippen molar-refractivity contribution in [3.63, 3.8) is 0 Å². The highest BCUT2D eigenvalue weighted by Crippen LogP contribution is 2.27. The molecule has 4 nitrogen and oxygen atoms in total. The molecule has 17 heavy (non-hydrogen) atoms. The van der Waals surface area contributed by atoms with Crippen LogP contribution in [0.1, 0.15) is 0 Å². The van der Waals surface area contributed by atoms with Crippen molar-refractivity contribution >= 4 is 40.7 Å². The van der Waals surface area contributed by atoms with E-state index in [9.17, 15) is 9.59 Å². The summed E-state index contributed by atoms with van der Waals surface area (Å²) in [4.78, 5) is 27.1. The summed E-state index contributed by atoms with van der Waals surface area (Å²) in [5.74, 6) is -1.03. The Kier molecular flexibility index (Phi) is 3.17. The lowest BCUT2D eigenvalue weighted by Gasteiger charge is -2.19. The number of alkyl halides is 1. The molecule has 88 valence electrons. The molecule has 1 aliphatic heterocycles. The molecule has 0 saturated heterocycles. The number of methoxy groups -OCH3 is 1. The van der Waals surface area contributed by atoms with Crippen LogP contribution in [0.2, 0.25) is 0 Å². The Bertz CT molecular complexity index is 529. The van der Waals surface area contributed by atoms with Gasteiger partial charge in [0.2, 0.25) is 0 Å². The van der Waals surface area contributed by atoms with E-state index in [-0.39, 0.29) is 11.5 Å². The number of halogens is 2. The molecule has 0 radical (unpaired) electrons. The second-order valence-corrected chi connectivity index (χ2v) is 4.30. The number of nitrogens with zero attached hydrogens (tertiary/aromatic N) is 1. The van der Waals surface area contributed by atoms with Crippen LogP contribution in [0.25, 0.3) is 0 Å². The normalized spacial score (nSPS) is 23.0. The third kappa shape index (κ3) is 2.18. The molecule has 6 heteroatoms. The maximum atomic E-state index is 11.8. The molecule has 0 bridgehead atoms. The van der Waals surface area contributed by atoms with Gasteiger partial charge in [-0.05, 0) is 12.2 Å². The van der Waals surface area contributed by atoms with Gasteiger partial charge in [0.15, 0.2) is 11.5 Å². The average Bonchev–Trinajstić information content (AvgIpc) is 2.29. The Morgan fingerprint density at radius 3 is 2.82 bits per heavy atom. The Morgan fingerprint density at radius 2 is 2.18 bits per heavy atom. The third-order valence-corrected chi connectivity index (χ3v) is 2.86. The molecule has 1 atom stereocenters. The molecule has 0 N–H and O–H groups in total. The van der Waals surface area contributed by atoms with Crippen LogP contribution in [0, 0.1) is 0 Å². The minimum atomic E-state index is -0.672. The Hall–Kier alpha value is -1.39. The smallest absolute Gasteiger partial charge is 0.356 e. The van der Waals surface area contributed by atoms with Gasteiger partial charge in [-0.2, -0.15) is 0 Å². The van der Waals surface area contributed by atoms with E-state index in [0.717, 1.165) is 6.08 Å². The van der Waals surface area contributed by atoms with Gasteiger partial charge < -0.3 is 4.74 Å². The maximum absolute atomic E-state index is 11.8. The zero-order valence-corrected chi connectivity index (χ0v) is 10.2. The first kappa shape index (κ1) is 12.1. The molecule has 0 aromatic rings. The molecular weight excluding hydrogens is 265 g/mol. The van der Waals surface area contributed by atoms with Crippen molar-refractivity contribution in [1.29, 1.82) is 0 Å². The molecule has 0 saturated carbocycles. The van der Waals surface area contributed by atoms with E-state index in [2.05, 4.69) is 9.73 Å². The quantitative estimate of drug-likeness (QED) is 0.539. The standard InChI is InChI=1S/C11H7Cl2NO3/c1-17-11(16)8-4-9(15)6-2-5(12)3-7(13)10(6)14-8/h2-4,7H,1H3. The lowest BCUT2D eigenvalue weighted by Crippen LogP contribution is -2.27. The maximum Gasteiger partial charge on any atom is 0.356 e. The lowest BCUT2D eigenvalue weighted by atomic mass is 9.95. The van der Waals surface area contributed by atoms with Crippen LogP contribution < -0.4 is 0 Å². The number of fused-ring (bicyclic) bond motifs is 1. The van der Waals surface area contributed by atoms with E-state index in [0.29, 0.717) is 16.3 Å². The van der Waals surface area contributed by atoms with Crippen molar-refractivity contribution in [2.45, 2.75) is 5.38 Å². The Labute approximate surface area is 107 Å². The summed E-state index contributed by atoms with van der Waals surface area (Å²) >= 11 is 11.8. The number of hydrogen-bond acceptors (Lipinski definition) is 4. The van der Waals surface area contributed by atoms with E-state index >= 15 is 0 Å². The second kappa shape index (κ2) is 4.47. The van der Waals surface area contributed by atoms with E-state index in [1.807, 2.05) is 0 Å². The number of aliphatic imine (C=N–C) groups is 1. The van der Waals surface area contributed by atoms with Crippen LogP contribution >= 0.6 is 23.2 Å². The molecule has 1 heterocycles. The van der Waals surface area contributed by atoms with E-state index in [4.69, 9.17) is 23.2 Å². The van der Waals surface area contributed by atoms with Crippen molar-refractivity contribution < 1.29 is 14.3 Å². The second-order valence-electron chi connectivity index (χ2n) is 3.39. The number of carbonyl (C=O) groups excluding carboxylic acids is 2. The van der Waals surface area contributed by atoms with Crippen molar-refractivity contribution in [1.82, 2.24) is 0 Å². The highest BCUT2D eigenvalue weighted by atomic mass is 35.5. The molecule has 1 aliphatic carbocycles. The van der Waals surface area contributed by atoms with Crippen molar-refractivity contribution in [3.05, 3.63) is 34.5 Å². The third-order valence-electron chi connectivity index (χ3n) is 2.29. The predicted molar refractivity (Wildman–Crippen MR) is 64.2 cm³/mol. The summed E-state index contributed by atoms with van der Waals surface area (Å²) in [6.45, 7) is 0. The average molecular weight is 272 g/mol. The van der Waals surface area contributed by atoms with Gasteiger partial charge in [-0.1, -0.05) is 11.6 Å². The number of carbonyl (C=O) groups is 2. The van der Waals surface area contributed by atoms with E-state index in [1.54, 1.807) is 6.08 Å². The summed E-state index contributed by atoms with van der Waals surface area (Å²) in [6, 6.07) is 0. The number of rotatable bonds is 1. The largest absolute Gasteiger partial charge is 0.464 e. The van der Waals surface area contributed by atoms with Gasteiger partial charge in [0.1, 0.15) is 0 Å². The van der Waals surface area contributed by atoms with Crippen molar-refractivity contribution in [3.8, 4) is 0 Å². The minimum Gasteiger partial charge on any atom is -0.464 e. The van der Waals surface area contributed by atoms with Crippen LogP contribution in [0.15, 0.2) is 39.5 Å². The number of allylic oxidation sites excluding steroid dienone is 5. The number of ether oxygens (including phenoxy) is 1. The number of ketones is 1. The Morgan fingerprint density at radius 1 is 1.47 bits per heavy atom. The first-order chi connectivity index (χ1) is 8.02. The lowest BCUT2D eigenvalue weighted by molar-refractivity contribution is -0.136. The fraction of sp³-hybridized carbons (Fsp3) is 0.182. The molecule has 0 fully saturated rings. The zero-order valence-electron chi connectivity index (χ0n) is 8.74. The first-order valence-corrected chi connectivity index (χ1v) is 5.50. The number of esters is 1. The minimum absolute atomic E-state index is 0.0540. The summed E-state index contributed by atoms with van der Waals surface area (Å²) in [6.07, 6.45) is 4.13. The van der Waals surface area contributed by atoms with Gasteiger partial charge >= 0.3 is 5.97 Å². The molecule has 1 unspecified atom stereocenters. The predicted octanol–water partition coefficient (Wildman–Crippen LogP) is 1.74. The monoisotopic (exact) mass is 271 g/mol. The van der Waals surface area contributed by atoms with Crippen molar-refractivity contribution in [2.24, 2.45) is 4.99 Å². The summed E-state index contributed by atoms with van der Waals surface area (Å²) < 4.78 is 4.50. The van der Waals surface area contributed by atoms with Gasteiger partial charge in [-0.25, -0.2) is 9.79 Å². The first-order valence-electron chi connectivity index (χ1n) is 4.69. The Balaban J connectivity index is 2.46. The molecule has 0 aromatic heterocycles. The van der Waals surface area contributed by atoms with Crippen LogP contribution in [0.5, 0.6) is 0 Å². The topological polar surface area (TPSA) is 55.7 Å². The highest BCUT2D eigenvalue weighted by molar-refractivity contribution is 6.46. The summed E-state index contributed by atoms with van der Waals surface area (Å²) in [7, 11) is 1.22. The molecule has 0 spiro atoms. The van der Waals surface area contributed by atoms with Crippen LogP contribution in [-0.4, -0.2) is 30.0 Å². The van der Waals surface area contributed by atoms with E-state index < -0.39 is 11.3 Å². The van der Waals surface area contributed by atoms with E-state index in [1.165, 1.54) is 13.2 Å². The molecular formula is C11H7Cl2NO3. The zero-order chi connectivity index (χ0) is 12.6. The fourth-order valence-electron chi connectivity index (χ4n) is 1.52. The van der Waals surface area contributed by atoms with Gasteiger partial charge in [-0.3, -0.25) is 4.79 Å². The molecule has 0 aromatic carbocycles. The summed E-state index contributed by atoms with van der Waals surface area (Å²) in [5.41, 5.74) is 0.579. The SMILES string of the molecule is COC(=O)C1=CC(=O)C2=CC(Cl)=CC(Cl)C2=N1. The van der Waals surface area contributed by atoms with Gasteiger partial charge in [0, 0.05) is 16.7 Å². The van der Waals surface area contributed by atoms with Crippen molar-refractivity contribution in [2.75, 3.05) is 7.11 Å². The fourth-order valence-corrected chi connectivity index (χ4v) is 2.12. The highest BCUT2D eigenvalue weighted by Gasteiger charge is 2.30. The molecule has 0 amide bonds. The molecule has 2 rings (SSSR count). The summed E-state index contributed by atoms with van der Waals surface area (Å²) in [5, 5.41) is -0.248. The van der Waals surface area contributed by atoms with Crippen LogP contribution in [-0.2, 0) is 14.3 Å². The van der Waals surface area contributed by atoms with Gasteiger partial charge in [0.25, 0.3) is 0 Å². The number of hydrogen-bond donors (Lipinski definition) is 0. The van der Waals surface area contributed by atoms with Crippen LogP contribution in [0.4, 0.5) is 0 Å². The molecule has 2 aliphatic rings. The van der Waals surface area contributed by atoms with Gasteiger partial charge in [-0.15, -0.1) is 11.6 Å². The van der Waals surface area contributed by atoms with Crippen LogP contribution in [0.3, 0.4) is 0 Å².